The van der Waals surface area contributed by atoms with E-state index in [2.05, 4.69) is 25.1 Å². The van der Waals surface area contributed by atoms with Crippen LogP contribution in [0.3, 0.4) is 0 Å². The lowest BCUT2D eigenvalue weighted by Crippen LogP contribution is -2.09. The fraction of sp³-hybridized carbons (Fsp3) is 0.500. The first-order valence-electron chi connectivity index (χ1n) is 3.92. The molecule has 1 fully saturated rings. The fourth-order valence-corrected chi connectivity index (χ4v) is 0.994. The molecule has 2 rings (SSSR count). The van der Waals surface area contributed by atoms with Gasteiger partial charge in [-0.2, -0.15) is 15.0 Å². The predicted octanol–water partition coefficient (Wildman–Crippen LogP) is 0.594. The Bertz CT molecular complexity index is 312. The maximum absolute atomic E-state index is 5.43. The first-order valence-corrected chi connectivity index (χ1v) is 4.30. The Balaban J connectivity index is 2.17. The lowest BCUT2D eigenvalue weighted by atomic mass is 10.7. The van der Waals surface area contributed by atoms with Crippen molar-refractivity contribution in [3.05, 3.63) is 0 Å². The summed E-state index contributed by atoms with van der Waals surface area (Å²) in [5, 5.41) is 3.09. The summed E-state index contributed by atoms with van der Waals surface area (Å²) < 4.78 is 0. The van der Waals surface area contributed by atoms with E-state index in [0.29, 0.717) is 12.0 Å². The summed E-state index contributed by atoms with van der Waals surface area (Å²) >= 11 is 5.34. The fourth-order valence-electron chi connectivity index (χ4n) is 0.909. The van der Waals surface area contributed by atoms with E-state index in [1.165, 1.54) is 0 Å². The van der Waals surface area contributed by atoms with Crippen LogP contribution in [0.1, 0.15) is 12.8 Å². The first kappa shape index (κ1) is 8.31. The number of halogens is 1. The molecule has 13 heavy (non-hydrogen) atoms. The number of hydrogen-bond acceptors (Lipinski definition) is 6. The molecule has 1 saturated carbocycles. The van der Waals surface area contributed by atoms with Crippen LogP contribution in [0.15, 0.2) is 0 Å². The van der Waals surface area contributed by atoms with Gasteiger partial charge in [-0.1, -0.05) is 0 Å². The minimum absolute atomic E-state index is 0.154. The Morgan fingerprint density at radius 2 is 1.92 bits per heavy atom. The van der Waals surface area contributed by atoms with Gasteiger partial charge in [-0.05, 0) is 12.8 Å². The molecule has 0 amide bonds. The third-order valence-corrected chi connectivity index (χ3v) is 1.82. The molecule has 1 aromatic rings. The average Bonchev–Trinajstić information content (AvgIpc) is 2.87. The van der Waals surface area contributed by atoms with Crippen LogP contribution in [0.25, 0.3) is 0 Å². The molecule has 0 saturated heterocycles. The van der Waals surface area contributed by atoms with Crippen LogP contribution in [-0.4, -0.2) is 21.0 Å². The molecule has 1 aliphatic rings. The highest BCUT2D eigenvalue weighted by atomic mass is 35.5. The van der Waals surface area contributed by atoms with Gasteiger partial charge in [0.05, 0.1) is 0 Å². The van der Waals surface area contributed by atoms with Crippen LogP contribution in [0.5, 0.6) is 0 Å². The zero-order chi connectivity index (χ0) is 9.26. The molecule has 0 aromatic carbocycles. The molecular formula is C6H9ClN6. The largest absolute Gasteiger partial charge is 0.368 e. The third kappa shape index (κ3) is 2.09. The van der Waals surface area contributed by atoms with Crippen molar-refractivity contribution in [2.45, 2.75) is 18.9 Å². The SMILES string of the molecule is Nc1nc(NCl)nc(NC2CC2)n1. The number of hydrogen-bond donors (Lipinski definition) is 3. The van der Waals surface area contributed by atoms with Crippen LogP contribution in [-0.2, 0) is 0 Å². The zero-order valence-corrected chi connectivity index (χ0v) is 7.54. The van der Waals surface area contributed by atoms with Gasteiger partial charge in [-0.25, -0.2) is 0 Å². The Hall–Kier alpha value is -1.30. The van der Waals surface area contributed by atoms with Crippen molar-refractivity contribution in [1.29, 1.82) is 0 Å². The molecule has 4 N–H and O–H groups in total. The highest BCUT2D eigenvalue weighted by Crippen LogP contribution is 2.23. The summed E-state index contributed by atoms with van der Waals surface area (Å²) in [6.07, 6.45) is 2.30. The highest BCUT2D eigenvalue weighted by Gasteiger charge is 2.22. The molecule has 0 radical (unpaired) electrons. The number of anilines is 3. The lowest BCUT2D eigenvalue weighted by molar-refractivity contribution is 1.02. The van der Waals surface area contributed by atoms with Crippen molar-refractivity contribution in [2.24, 2.45) is 0 Å². The lowest BCUT2D eigenvalue weighted by Gasteiger charge is -2.03. The summed E-state index contributed by atoms with van der Waals surface area (Å²) in [5.41, 5.74) is 5.43. The summed E-state index contributed by atoms with van der Waals surface area (Å²) in [7, 11) is 0. The van der Waals surface area contributed by atoms with Gasteiger partial charge < -0.3 is 11.1 Å². The maximum atomic E-state index is 5.43. The second kappa shape index (κ2) is 3.21. The Kier molecular flexibility index (Phi) is 2.05. The third-order valence-electron chi connectivity index (χ3n) is 1.65. The summed E-state index contributed by atoms with van der Waals surface area (Å²) in [5.74, 6) is 0.886. The highest BCUT2D eigenvalue weighted by molar-refractivity contribution is 6.23. The van der Waals surface area contributed by atoms with E-state index in [9.17, 15) is 0 Å². The minimum atomic E-state index is 0.154. The maximum Gasteiger partial charge on any atom is 0.244 e. The topological polar surface area (TPSA) is 88.8 Å². The van der Waals surface area contributed by atoms with E-state index in [4.69, 9.17) is 17.5 Å². The summed E-state index contributed by atoms with van der Waals surface area (Å²) in [4.78, 5) is 13.9. The van der Waals surface area contributed by atoms with Crippen molar-refractivity contribution >= 4 is 29.6 Å². The molecule has 0 spiro atoms. The molecule has 1 aromatic heterocycles. The van der Waals surface area contributed by atoms with E-state index < -0.39 is 0 Å². The molecular weight excluding hydrogens is 192 g/mol. The van der Waals surface area contributed by atoms with Gasteiger partial charge in [-0.15, -0.1) is 0 Å². The quantitative estimate of drug-likeness (QED) is 0.619. The standard InChI is InChI=1S/C6H9ClN6/c7-13-6-11-4(8)10-5(12-6)9-3-1-2-3/h3H,1-2H2,(H4,8,9,10,11,12,13). The van der Waals surface area contributed by atoms with E-state index >= 15 is 0 Å². The van der Waals surface area contributed by atoms with Crippen molar-refractivity contribution in [3.63, 3.8) is 0 Å². The second-order valence-electron chi connectivity index (χ2n) is 2.85. The molecule has 6 nitrogen and oxygen atoms in total. The number of nitrogens with two attached hydrogens (primary N) is 1. The first-order chi connectivity index (χ1) is 6.28. The molecule has 0 atom stereocenters. The number of nitrogens with one attached hydrogen (secondary N) is 2. The normalized spacial score (nSPS) is 15.5. The van der Waals surface area contributed by atoms with Crippen LogP contribution in [0.4, 0.5) is 17.8 Å². The molecule has 70 valence electrons. The number of nitrogen functional groups attached to an aromatic ring is 1. The van der Waals surface area contributed by atoms with Gasteiger partial charge in [0.25, 0.3) is 0 Å². The van der Waals surface area contributed by atoms with Crippen molar-refractivity contribution < 1.29 is 0 Å². The Morgan fingerprint density at radius 1 is 1.23 bits per heavy atom. The predicted molar refractivity (Wildman–Crippen MR) is 50.4 cm³/mol. The van der Waals surface area contributed by atoms with Crippen molar-refractivity contribution in [2.75, 3.05) is 15.9 Å². The molecule has 0 unspecified atom stereocenters. The van der Waals surface area contributed by atoms with Gasteiger partial charge in [0.2, 0.25) is 17.8 Å². The van der Waals surface area contributed by atoms with Gasteiger partial charge >= 0.3 is 0 Å². The molecule has 1 heterocycles. The second-order valence-corrected chi connectivity index (χ2v) is 3.04. The van der Waals surface area contributed by atoms with Crippen molar-refractivity contribution in [1.82, 2.24) is 15.0 Å². The van der Waals surface area contributed by atoms with Gasteiger partial charge in [0.1, 0.15) is 0 Å². The number of rotatable bonds is 3. The monoisotopic (exact) mass is 200 g/mol. The van der Waals surface area contributed by atoms with Crippen LogP contribution < -0.4 is 15.9 Å². The minimum Gasteiger partial charge on any atom is -0.368 e. The van der Waals surface area contributed by atoms with E-state index in [1.807, 2.05) is 0 Å². The van der Waals surface area contributed by atoms with Gasteiger partial charge in [-0.3, -0.25) is 4.84 Å². The van der Waals surface area contributed by atoms with Crippen LogP contribution >= 0.6 is 11.8 Å². The average molecular weight is 201 g/mol. The summed E-state index contributed by atoms with van der Waals surface area (Å²) in [6.45, 7) is 0. The Morgan fingerprint density at radius 3 is 2.54 bits per heavy atom. The number of nitrogens with zero attached hydrogens (tertiary/aromatic N) is 3. The van der Waals surface area contributed by atoms with Gasteiger partial charge in [0.15, 0.2) is 0 Å². The molecule has 1 aliphatic carbocycles. The van der Waals surface area contributed by atoms with Crippen LogP contribution in [0, 0.1) is 0 Å². The van der Waals surface area contributed by atoms with E-state index in [1.54, 1.807) is 0 Å². The Labute approximate surface area is 80.0 Å². The van der Waals surface area contributed by atoms with E-state index in [0.717, 1.165) is 12.8 Å². The van der Waals surface area contributed by atoms with Crippen molar-refractivity contribution in [3.8, 4) is 0 Å². The summed E-state index contributed by atoms with van der Waals surface area (Å²) in [6, 6.07) is 0.477. The van der Waals surface area contributed by atoms with Crippen LogP contribution in [0.2, 0.25) is 0 Å². The number of aromatic nitrogens is 3. The zero-order valence-electron chi connectivity index (χ0n) is 6.79. The molecule has 7 heteroatoms. The van der Waals surface area contributed by atoms with Gasteiger partial charge in [0, 0.05) is 17.8 Å². The van der Waals surface area contributed by atoms with E-state index in [-0.39, 0.29) is 11.9 Å². The molecule has 0 aliphatic heterocycles. The molecule has 0 bridgehead atoms. The smallest absolute Gasteiger partial charge is 0.244 e.